The molecule has 1 rings (SSSR count). The summed E-state index contributed by atoms with van der Waals surface area (Å²) in [5.74, 6) is 0.996. The minimum Gasteiger partial charge on any atom is -0.317 e. The topological polar surface area (TPSA) is 62.7 Å². The Kier molecular flexibility index (Phi) is 5.62. The van der Waals surface area contributed by atoms with E-state index in [2.05, 4.69) is 22.4 Å². The summed E-state index contributed by atoms with van der Waals surface area (Å²) in [4.78, 5) is 11.3. The maximum Gasteiger partial charge on any atom is 0.343 e. The van der Waals surface area contributed by atoms with Gasteiger partial charge in [0.2, 0.25) is 0 Å². The van der Waals surface area contributed by atoms with E-state index in [1.54, 1.807) is 16.3 Å². The van der Waals surface area contributed by atoms with Crippen molar-refractivity contribution in [3.05, 3.63) is 10.5 Å². The van der Waals surface area contributed by atoms with Crippen LogP contribution >= 0.6 is 11.8 Å². The molecule has 16 heavy (non-hydrogen) atoms. The van der Waals surface area contributed by atoms with E-state index in [0.29, 0.717) is 12.6 Å². The third-order valence-corrected chi connectivity index (χ3v) is 3.61. The van der Waals surface area contributed by atoms with E-state index >= 15 is 0 Å². The second-order valence-corrected chi connectivity index (χ2v) is 4.80. The Labute approximate surface area is 100 Å². The molecule has 1 unspecified atom stereocenters. The first-order valence-electron chi connectivity index (χ1n) is 5.64. The highest BCUT2D eigenvalue weighted by atomic mass is 32.2. The minimum absolute atomic E-state index is 0.117. The average molecular weight is 244 g/mol. The Morgan fingerprint density at radius 1 is 1.62 bits per heavy atom. The van der Waals surface area contributed by atoms with Crippen LogP contribution < -0.4 is 11.0 Å². The fourth-order valence-corrected chi connectivity index (χ4v) is 2.36. The SMILES string of the molecule is CCn1c(SCCCC(C)NC)n[nH]c1=O. The second-order valence-electron chi connectivity index (χ2n) is 3.74. The highest BCUT2D eigenvalue weighted by Gasteiger charge is 2.06. The molecule has 0 aliphatic carbocycles. The van der Waals surface area contributed by atoms with Gasteiger partial charge in [-0.25, -0.2) is 9.89 Å². The highest BCUT2D eigenvalue weighted by Crippen LogP contribution is 2.15. The van der Waals surface area contributed by atoms with Gasteiger partial charge < -0.3 is 5.32 Å². The molecule has 6 heteroatoms. The Hall–Kier alpha value is -0.750. The van der Waals surface area contributed by atoms with Gasteiger partial charge in [0.15, 0.2) is 5.16 Å². The predicted molar refractivity (Wildman–Crippen MR) is 67.0 cm³/mol. The Balaban J connectivity index is 2.34. The molecule has 92 valence electrons. The Bertz CT molecular complexity index is 360. The van der Waals surface area contributed by atoms with E-state index in [-0.39, 0.29) is 5.69 Å². The van der Waals surface area contributed by atoms with Crippen LogP contribution in [0.3, 0.4) is 0 Å². The van der Waals surface area contributed by atoms with Crippen LogP contribution in [0.2, 0.25) is 0 Å². The van der Waals surface area contributed by atoms with E-state index < -0.39 is 0 Å². The van der Waals surface area contributed by atoms with Crippen LogP contribution in [0.25, 0.3) is 0 Å². The lowest BCUT2D eigenvalue weighted by Crippen LogP contribution is -2.20. The van der Waals surface area contributed by atoms with Gasteiger partial charge in [0, 0.05) is 18.3 Å². The number of nitrogens with zero attached hydrogens (tertiary/aromatic N) is 2. The summed E-state index contributed by atoms with van der Waals surface area (Å²) in [6.07, 6.45) is 2.27. The number of rotatable bonds is 7. The quantitative estimate of drug-likeness (QED) is 0.556. The van der Waals surface area contributed by atoms with Crippen molar-refractivity contribution in [2.24, 2.45) is 0 Å². The maximum atomic E-state index is 11.3. The van der Waals surface area contributed by atoms with Crippen molar-refractivity contribution >= 4 is 11.8 Å². The van der Waals surface area contributed by atoms with Gasteiger partial charge in [-0.1, -0.05) is 11.8 Å². The van der Waals surface area contributed by atoms with Gasteiger partial charge in [0.1, 0.15) is 0 Å². The molecule has 0 bridgehead atoms. The monoisotopic (exact) mass is 244 g/mol. The summed E-state index contributed by atoms with van der Waals surface area (Å²) in [5, 5.41) is 10.5. The fraction of sp³-hybridized carbons (Fsp3) is 0.800. The lowest BCUT2D eigenvalue weighted by molar-refractivity contribution is 0.559. The van der Waals surface area contributed by atoms with E-state index in [1.807, 2.05) is 14.0 Å². The lowest BCUT2D eigenvalue weighted by Gasteiger charge is -2.08. The van der Waals surface area contributed by atoms with Crippen molar-refractivity contribution in [1.29, 1.82) is 0 Å². The molecule has 0 radical (unpaired) electrons. The van der Waals surface area contributed by atoms with E-state index in [1.165, 1.54) is 0 Å². The number of thioether (sulfide) groups is 1. The van der Waals surface area contributed by atoms with Gasteiger partial charge >= 0.3 is 5.69 Å². The molecular weight excluding hydrogens is 224 g/mol. The summed E-state index contributed by atoms with van der Waals surface area (Å²) in [7, 11) is 1.97. The molecule has 0 aliphatic heterocycles. The molecule has 0 saturated heterocycles. The van der Waals surface area contributed by atoms with Crippen LogP contribution in [0.5, 0.6) is 0 Å². The molecule has 1 heterocycles. The number of H-pyrrole nitrogens is 1. The first-order valence-corrected chi connectivity index (χ1v) is 6.62. The number of aromatic amines is 1. The van der Waals surface area contributed by atoms with Crippen molar-refractivity contribution in [3.8, 4) is 0 Å². The van der Waals surface area contributed by atoms with E-state index in [9.17, 15) is 4.79 Å². The highest BCUT2D eigenvalue weighted by molar-refractivity contribution is 7.99. The van der Waals surface area contributed by atoms with Crippen molar-refractivity contribution in [1.82, 2.24) is 20.1 Å². The van der Waals surface area contributed by atoms with Crippen LogP contribution in [0.15, 0.2) is 9.95 Å². The molecule has 2 N–H and O–H groups in total. The van der Waals surface area contributed by atoms with Crippen molar-refractivity contribution in [3.63, 3.8) is 0 Å². The molecule has 1 aromatic heterocycles. The van der Waals surface area contributed by atoms with Gasteiger partial charge in [-0.2, -0.15) is 0 Å². The molecule has 1 aromatic rings. The zero-order valence-corrected chi connectivity index (χ0v) is 10.9. The van der Waals surface area contributed by atoms with Crippen LogP contribution in [-0.2, 0) is 6.54 Å². The molecule has 0 aliphatic rings. The van der Waals surface area contributed by atoms with Crippen LogP contribution in [0.1, 0.15) is 26.7 Å². The number of hydrogen-bond acceptors (Lipinski definition) is 4. The van der Waals surface area contributed by atoms with Gasteiger partial charge in [0.25, 0.3) is 0 Å². The van der Waals surface area contributed by atoms with Gasteiger partial charge in [-0.05, 0) is 33.7 Å². The maximum absolute atomic E-state index is 11.3. The summed E-state index contributed by atoms with van der Waals surface area (Å²) in [6, 6.07) is 0.549. The summed E-state index contributed by atoms with van der Waals surface area (Å²) >= 11 is 1.64. The molecule has 0 saturated carbocycles. The average Bonchev–Trinajstić information content (AvgIpc) is 2.65. The third-order valence-electron chi connectivity index (χ3n) is 2.54. The first-order chi connectivity index (χ1) is 7.69. The molecule has 0 amide bonds. The minimum atomic E-state index is -0.117. The summed E-state index contributed by atoms with van der Waals surface area (Å²) in [6.45, 7) is 4.79. The number of nitrogens with one attached hydrogen (secondary N) is 2. The van der Waals surface area contributed by atoms with E-state index in [0.717, 1.165) is 23.8 Å². The first kappa shape index (κ1) is 13.3. The zero-order valence-electron chi connectivity index (χ0n) is 10.1. The smallest absolute Gasteiger partial charge is 0.317 e. The van der Waals surface area contributed by atoms with Gasteiger partial charge in [-0.15, -0.1) is 5.10 Å². The number of hydrogen-bond donors (Lipinski definition) is 2. The van der Waals surface area contributed by atoms with Crippen molar-refractivity contribution in [2.75, 3.05) is 12.8 Å². The van der Waals surface area contributed by atoms with Crippen molar-refractivity contribution < 1.29 is 0 Å². The van der Waals surface area contributed by atoms with Gasteiger partial charge in [-0.3, -0.25) is 4.57 Å². The normalized spacial score (nSPS) is 12.9. The zero-order chi connectivity index (χ0) is 12.0. The molecule has 5 nitrogen and oxygen atoms in total. The largest absolute Gasteiger partial charge is 0.343 e. The Morgan fingerprint density at radius 3 is 3.00 bits per heavy atom. The molecule has 0 aromatic carbocycles. The summed E-state index contributed by atoms with van der Waals surface area (Å²) < 4.78 is 1.66. The van der Waals surface area contributed by atoms with Crippen molar-refractivity contribution in [2.45, 2.75) is 44.4 Å². The second kappa shape index (κ2) is 6.75. The fourth-order valence-electron chi connectivity index (χ4n) is 1.39. The van der Waals surface area contributed by atoms with Crippen LogP contribution in [-0.4, -0.2) is 33.6 Å². The summed E-state index contributed by atoms with van der Waals surface area (Å²) in [5.41, 5.74) is -0.117. The van der Waals surface area contributed by atoms with Crippen LogP contribution in [0, 0.1) is 0 Å². The molecular formula is C10H20N4OS. The van der Waals surface area contributed by atoms with Crippen LogP contribution in [0.4, 0.5) is 0 Å². The predicted octanol–water partition coefficient (Wildman–Crippen LogP) is 1.07. The molecule has 0 spiro atoms. The molecule has 0 fully saturated rings. The molecule has 1 atom stereocenters. The third kappa shape index (κ3) is 3.68. The van der Waals surface area contributed by atoms with Gasteiger partial charge in [0.05, 0.1) is 0 Å². The lowest BCUT2D eigenvalue weighted by atomic mass is 10.2. The van der Waals surface area contributed by atoms with E-state index in [4.69, 9.17) is 0 Å². The standard InChI is InChI=1S/C10H20N4OS/c1-4-14-9(15)12-13-10(14)16-7-5-6-8(2)11-3/h8,11H,4-7H2,1-3H3,(H,12,15). The Morgan fingerprint density at radius 2 is 2.38 bits per heavy atom. The number of aromatic nitrogens is 3.